The van der Waals surface area contributed by atoms with Crippen molar-refractivity contribution < 1.29 is 13.2 Å². The van der Waals surface area contributed by atoms with Crippen molar-refractivity contribution in [3.05, 3.63) is 40.7 Å². The van der Waals surface area contributed by atoms with Crippen LogP contribution in [0.5, 0.6) is 0 Å². The Labute approximate surface area is 142 Å². The summed E-state index contributed by atoms with van der Waals surface area (Å²) in [6.45, 7) is 6.84. The van der Waals surface area contributed by atoms with Crippen LogP contribution in [-0.2, 0) is 14.8 Å². The molecule has 2 N–H and O–H groups in total. The third-order valence-corrected chi connectivity index (χ3v) is 5.67. The van der Waals surface area contributed by atoms with Gasteiger partial charge in [-0.3, -0.25) is 9.89 Å². The Morgan fingerprint density at radius 1 is 1.17 bits per heavy atom. The first-order valence-electron chi connectivity index (χ1n) is 7.47. The highest BCUT2D eigenvalue weighted by Gasteiger charge is 2.28. The summed E-state index contributed by atoms with van der Waals surface area (Å²) in [6, 6.07) is 5.67. The van der Waals surface area contributed by atoms with E-state index in [1.54, 1.807) is 13.8 Å². The summed E-state index contributed by atoms with van der Waals surface area (Å²) in [5, 5.41) is 9.28. The number of anilines is 1. The maximum Gasteiger partial charge on any atom is 0.246 e. The van der Waals surface area contributed by atoms with Crippen molar-refractivity contribution in [2.75, 3.05) is 18.9 Å². The number of amides is 1. The second-order valence-electron chi connectivity index (χ2n) is 5.95. The number of benzene rings is 1. The van der Waals surface area contributed by atoms with Gasteiger partial charge in [-0.05, 0) is 51.0 Å². The van der Waals surface area contributed by atoms with Crippen LogP contribution in [0.1, 0.15) is 22.5 Å². The van der Waals surface area contributed by atoms with Gasteiger partial charge in [-0.25, -0.2) is 8.42 Å². The van der Waals surface area contributed by atoms with Gasteiger partial charge < -0.3 is 5.32 Å². The van der Waals surface area contributed by atoms with Gasteiger partial charge in [0.1, 0.15) is 4.90 Å². The summed E-state index contributed by atoms with van der Waals surface area (Å²) in [7, 11) is -2.40. The minimum absolute atomic E-state index is 0.115. The van der Waals surface area contributed by atoms with Crippen molar-refractivity contribution in [1.82, 2.24) is 14.5 Å². The van der Waals surface area contributed by atoms with Crippen molar-refractivity contribution in [3.8, 4) is 0 Å². The Kier molecular flexibility index (Phi) is 5.10. The van der Waals surface area contributed by atoms with Crippen molar-refractivity contribution >= 4 is 21.6 Å². The van der Waals surface area contributed by atoms with E-state index in [4.69, 9.17) is 0 Å². The number of aryl methyl sites for hydroxylation is 4. The Hall–Kier alpha value is -2.19. The molecule has 0 saturated heterocycles. The van der Waals surface area contributed by atoms with E-state index in [2.05, 4.69) is 15.5 Å². The van der Waals surface area contributed by atoms with E-state index < -0.39 is 15.9 Å². The van der Waals surface area contributed by atoms with E-state index in [1.807, 2.05) is 32.0 Å². The Morgan fingerprint density at radius 2 is 1.75 bits per heavy atom. The predicted molar refractivity (Wildman–Crippen MR) is 92.4 cm³/mol. The molecule has 1 heterocycles. The molecule has 0 aliphatic carbocycles. The molecular formula is C16H22N4O3S. The van der Waals surface area contributed by atoms with Gasteiger partial charge in [0, 0.05) is 12.7 Å². The lowest BCUT2D eigenvalue weighted by atomic mass is 10.1. The lowest BCUT2D eigenvalue weighted by Crippen LogP contribution is -2.35. The van der Waals surface area contributed by atoms with Gasteiger partial charge in [0.2, 0.25) is 15.9 Å². The number of nitrogens with zero attached hydrogens (tertiary/aromatic N) is 2. The molecule has 1 aromatic carbocycles. The molecule has 2 rings (SSSR count). The maximum atomic E-state index is 12.6. The average Bonchev–Trinajstić information content (AvgIpc) is 2.77. The largest absolute Gasteiger partial charge is 0.325 e. The molecule has 0 bridgehead atoms. The van der Waals surface area contributed by atoms with Crippen molar-refractivity contribution in [1.29, 1.82) is 0 Å². The molecule has 8 heteroatoms. The van der Waals surface area contributed by atoms with E-state index in [1.165, 1.54) is 7.05 Å². The molecule has 0 aliphatic heterocycles. The predicted octanol–water partition coefficient (Wildman–Crippen LogP) is 1.90. The minimum atomic E-state index is -3.78. The van der Waals surface area contributed by atoms with Gasteiger partial charge >= 0.3 is 0 Å². The molecule has 1 amide bonds. The average molecular weight is 350 g/mol. The van der Waals surface area contributed by atoms with Crippen LogP contribution < -0.4 is 5.32 Å². The number of sulfonamides is 1. The fourth-order valence-electron chi connectivity index (χ4n) is 2.61. The first-order chi connectivity index (χ1) is 11.1. The minimum Gasteiger partial charge on any atom is -0.325 e. The summed E-state index contributed by atoms with van der Waals surface area (Å²) in [6.07, 6.45) is 0. The number of rotatable bonds is 5. The van der Waals surface area contributed by atoms with Gasteiger partial charge in [0.05, 0.1) is 17.9 Å². The molecule has 2 aromatic rings. The number of aromatic nitrogens is 2. The zero-order valence-corrected chi connectivity index (χ0v) is 15.3. The third-order valence-electron chi connectivity index (χ3n) is 3.60. The first kappa shape index (κ1) is 18.2. The number of H-pyrrole nitrogens is 1. The van der Waals surface area contributed by atoms with Crippen molar-refractivity contribution in [2.45, 2.75) is 32.6 Å². The van der Waals surface area contributed by atoms with Crippen molar-refractivity contribution in [3.63, 3.8) is 0 Å². The van der Waals surface area contributed by atoms with Crippen LogP contribution in [0.25, 0.3) is 0 Å². The second-order valence-corrected chi connectivity index (χ2v) is 7.93. The van der Waals surface area contributed by atoms with Crippen LogP contribution in [-0.4, -0.2) is 42.4 Å². The van der Waals surface area contributed by atoms with Crippen LogP contribution in [0, 0.1) is 27.7 Å². The van der Waals surface area contributed by atoms with E-state index in [0.717, 1.165) is 15.4 Å². The number of carbonyl (C=O) groups is 1. The van der Waals surface area contributed by atoms with Crippen LogP contribution in [0.3, 0.4) is 0 Å². The first-order valence-corrected chi connectivity index (χ1v) is 8.91. The highest BCUT2D eigenvalue weighted by molar-refractivity contribution is 7.89. The van der Waals surface area contributed by atoms with Crippen LogP contribution in [0.2, 0.25) is 0 Å². The highest BCUT2D eigenvalue weighted by Crippen LogP contribution is 2.20. The maximum absolute atomic E-state index is 12.6. The second kappa shape index (κ2) is 6.74. The topological polar surface area (TPSA) is 95.2 Å². The Balaban J connectivity index is 2.14. The Morgan fingerprint density at radius 3 is 2.25 bits per heavy atom. The molecule has 24 heavy (non-hydrogen) atoms. The van der Waals surface area contributed by atoms with E-state index in [9.17, 15) is 13.2 Å². The third kappa shape index (κ3) is 3.82. The molecule has 0 radical (unpaired) electrons. The lowest BCUT2D eigenvalue weighted by Gasteiger charge is -2.17. The normalized spacial score (nSPS) is 11.8. The van der Waals surface area contributed by atoms with Crippen LogP contribution >= 0.6 is 0 Å². The molecule has 130 valence electrons. The van der Waals surface area contributed by atoms with E-state index >= 15 is 0 Å². The fraction of sp³-hybridized carbons (Fsp3) is 0.375. The summed E-state index contributed by atoms with van der Waals surface area (Å²) >= 11 is 0. The van der Waals surface area contributed by atoms with Gasteiger partial charge in [-0.2, -0.15) is 9.40 Å². The van der Waals surface area contributed by atoms with E-state index in [0.29, 0.717) is 17.1 Å². The molecular weight excluding hydrogens is 328 g/mol. The molecule has 7 nitrogen and oxygen atoms in total. The lowest BCUT2D eigenvalue weighted by molar-refractivity contribution is -0.116. The SMILES string of the molecule is Cc1cc(C)cc(NC(=O)CN(C)S(=O)(=O)c2c(C)n[nH]c2C)c1. The molecule has 0 fully saturated rings. The van der Waals surface area contributed by atoms with Gasteiger partial charge in [0.15, 0.2) is 0 Å². The zero-order chi connectivity index (χ0) is 18.1. The standard InChI is InChI=1S/C16H22N4O3S/c1-10-6-11(2)8-14(7-10)17-15(21)9-20(5)24(22,23)16-12(3)18-19-13(16)4/h6-8H,9H2,1-5H3,(H,17,21)(H,18,19). The number of nitrogens with one attached hydrogen (secondary N) is 2. The molecule has 0 saturated carbocycles. The summed E-state index contributed by atoms with van der Waals surface area (Å²) < 4.78 is 26.3. The van der Waals surface area contributed by atoms with Gasteiger partial charge in [-0.15, -0.1) is 0 Å². The molecule has 0 unspecified atom stereocenters. The van der Waals surface area contributed by atoms with Gasteiger partial charge in [0.25, 0.3) is 0 Å². The summed E-state index contributed by atoms with van der Waals surface area (Å²) in [4.78, 5) is 12.3. The number of likely N-dealkylation sites (N-methyl/N-ethyl adjacent to an activating group) is 1. The molecule has 1 aromatic heterocycles. The number of hydrogen-bond donors (Lipinski definition) is 2. The quantitative estimate of drug-likeness (QED) is 0.861. The molecule has 0 spiro atoms. The summed E-state index contributed by atoms with van der Waals surface area (Å²) in [5.74, 6) is -0.398. The van der Waals surface area contributed by atoms with Gasteiger partial charge in [-0.1, -0.05) is 6.07 Å². The monoisotopic (exact) mass is 350 g/mol. The number of carbonyl (C=O) groups excluding carboxylic acids is 1. The molecule has 0 aliphatic rings. The summed E-state index contributed by atoms with van der Waals surface area (Å²) in [5.41, 5.74) is 3.54. The van der Waals surface area contributed by atoms with E-state index in [-0.39, 0.29) is 11.4 Å². The smallest absolute Gasteiger partial charge is 0.246 e. The number of hydrogen-bond acceptors (Lipinski definition) is 4. The zero-order valence-electron chi connectivity index (χ0n) is 14.5. The van der Waals surface area contributed by atoms with Crippen LogP contribution in [0.4, 0.5) is 5.69 Å². The fourth-order valence-corrected chi connectivity index (χ4v) is 4.06. The highest BCUT2D eigenvalue weighted by atomic mass is 32.2. The molecule has 0 atom stereocenters. The van der Waals surface area contributed by atoms with Crippen LogP contribution in [0.15, 0.2) is 23.1 Å². The number of aromatic amines is 1. The van der Waals surface area contributed by atoms with Crippen molar-refractivity contribution in [2.24, 2.45) is 0 Å². The Bertz CT molecular complexity index is 832.